The Morgan fingerprint density at radius 1 is 1.03 bits per heavy atom. The zero-order valence-corrected chi connectivity index (χ0v) is 24.2. The highest BCUT2D eigenvalue weighted by molar-refractivity contribution is 9.10. The molecule has 3 amide bonds. The third kappa shape index (κ3) is 7.05. The number of rotatable bonds is 9. The molecule has 11 heteroatoms. The number of carbonyl (C=O) groups excluding carboxylic acids is 3. The average Bonchev–Trinajstić information content (AvgIpc) is 3.00. The fourth-order valence-corrected chi connectivity index (χ4v) is 6.81. The SMILES string of the molecule is NC(=O)CN(CCCC(=O)N1CCC(C2c3ncc(Br)cc3CCc3cc(Cl)cc(Cl)c32)CC1)CC(N)=O. The van der Waals surface area contributed by atoms with Gasteiger partial charge in [-0.05, 0) is 95.4 Å². The van der Waals surface area contributed by atoms with Crippen molar-refractivity contribution in [1.29, 1.82) is 0 Å². The normalized spacial score (nSPS) is 17.6. The van der Waals surface area contributed by atoms with Crippen LogP contribution in [-0.4, -0.2) is 65.2 Å². The molecule has 38 heavy (non-hydrogen) atoms. The van der Waals surface area contributed by atoms with E-state index in [1.54, 1.807) is 4.90 Å². The molecule has 4 N–H and O–H groups in total. The van der Waals surface area contributed by atoms with E-state index in [1.807, 2.05) is 23.2 Å². The van der Waals surface area contributed by atoms with Crippen LogP contribution < -0.4 is 11.5 Å². The third-order valence-electron chi connectivity index (χ3n) is 7.40. The predicted molar refractivity (Wildman–Crippen MR) is 151 cm³/mol. The average molecular weight is 625 g/mol. The third-order valence-corrected chi connectivity index (χ3v) is 8.37. The lowest BCUT2D eigenvalue weighted by Gasteiger charge is -2.37. The van der Waals surface area contributed by atoms with E-state index in [-0.39, 0.29) is 30.8 Å². The Morgan fingerprint density at radius 3 is 2.34 bits per heavy atom. The summed E-state index contributed by atoms with van der Waals surface area (Å²) in [4.78, 5) is 43.8. The molecule has 1 aromatic heterocycles. The van der Waals surface area contributed by atoms with Gasteiger partial charge in [0.2, 0.25) is 17.7 Å². The maximum atomic E-state index is 13.0. The summed E-state index contributed by atoms with van der Waals surface area (Å²) in [5.41, 5.74) is 15.1. The van der Waals surface area contributed by atoms with Gasteiger partial charge in [-0.15, -0.1) is 0 Å². The van der Waals surface area contributed by atoms with Crippen LogP contribution >= 0.6 is 39.1 Å². The van der Waals surface area contributed by atoms with Crippen LogP contribution in [0.1, 0.15) is 54.0 Å². The first kappa shape index (κ1) is 28.8. The van der Waals surface area contributed by atoms with E-state index in [9.17, 15) is 14.4 Å². The number of primary amides is 2. The molecule has 0 saturated carbocycles. The number of aromatic nitrogens is 1. The summed E-state index contributed by atoms with van der Waals surface area (Å²) in [6.07, 6.45) is 6.06. The van der Waals surface area contributed by atoms with Crippen LogP contribution in [0.5, 0.6) is 0 Å². The van der Waals surface area contributed by atoms with E-state index < -0.39 is 11.8 Å². The molecule has 1 saturated heterocycles. The van der Waals surface area contributed by atoms with Crippen molar-refractivity contribution in [2.24, 2.45) is 17.4 Å². The zero-order chi connectivity index (χ0) is 27.4. The number of nitrogens with two attached hydrogens (primary N) is 2. The number of aryl methyl sites for hydroxylation is 2. The maximum Gasteiger partial charge on any atom is 0.231 e. The molecule has 2 aliphatic rings. The maximum absolute atomic E-state index is 13.0. The minimum atomic E-state index is -0.537. The number of fused-ring (bicyclic) bond motifs is 2. The first-order valence-corrected chi connectivity index (χ1v) is 14.4. The van der Waals surface area contributed by atoms with E-state index in [2.05, 4.69) is 22.0 Å². The molecule has 2 heterocycles. The second-order valence-corrected chi connectivity index (χ2v) is 11.9. The highest BCUT2D eigenvalue weighted by Crippen LogP contribution is 2.46. The quantitative estimate of drug-likeness (QED) is 0.441. The zero-order valence-electron chi connectivity index (χ0n) is 21.1. The van der Waals surface area contributed by atoms with Gasteiger partial charge in [-0.25, -0.2) is 0 Å². The van der Waals surface area contributed by atoms with Crippen molar-refractivity contribution < 1.29 is 14.4 Å². The van der Waals surface area contributed by atoms with Gasteiger partial charge in [0.15, 0.2) is 0 Å². The van der Waals surface area contributed by atoms with E-state index in [4.69, 9.17) is 39.7 Å². The Labute approximate surface area is 241 Å². The number of hydrogen-bond donors (Lipinski definition) is 2. The summed E-state index contributed by atoms with van der Waals surface area (Å²) in [6.45, 7) is 1.57. The standard InChI is InChI=1S/C27H32BrCl2N5O3/c28-19-10-18-4-3-17-11-20(29)12-21(30)25(17)26(27(18)33-13-19)16-5-8-35(9-6-16)24(38)2-1-7-34(14-22(31)36)15-23(32)37/h10-13,16,26H,1-9,14-15H2,(H2,31,36)(H2,32,37). The van der Waals surface area contributed by atoms with Gasteiger partial charge < -0.3 is 16.4 Å². The summed E-state index contributed by atoms with van der Waals surface area (Å²) >= 11 is 16.7. The number of pyridine rings is 1. The summed E-state index contributed by atoms with van der Waals surface area (Å²) < 4.78 is 0.954. The van der Waals surface area contributed by atoms with Gasteiger partial charge in [-0.1, -0.05) is 23.2 Å². The smallest absolute Gasteiger partial charge is 0.231 e. The molecule has 1 aliphatic carbocycles. The van der Waals surface area contributed by atoms with Crippen LogP contribution in [-0.2, 0) is 27.2 Å². The minimum Gasteiger partial charge on any atom is -0.369 e. The predicted octanol–water partition coefficient (Wildman–Crippen LogP) is 3.67. The molecule has 1 fully saturated rings. The molecule has 2 aromatic rings. The summed E-state index contributed by atoms with van der Waals surface area (Å²) in [5.74, 6) is -0.691. The molecule has 204 valence electrons. The Morgan fingerprint density at radius 2 is 1.68 bits per heavy atom. The molecule has 0 bridgehead atoms. The molecule has 1 aromatic carbocycles. The highest BCUT2D eigenvalue weighted by Gasteiger charge is 2.36. The van der Waals surface area contributed by atoms with Crippen molar-refractivity contribution in [2.45, 2.75) is 44.4 Å². The summed E-state index contributed by atoms with van der Waals surface area (Å²) in [5, 5.41) is 1.31. The molecule has 1 aliphatic heterocycles. The van der Waals surface area contributed by atoms with Crippen molar-refractivity contribution in [2.75, 3.05) is 32.7 Å². The monoisotopic (exact) mass is 623 g/mol. The molecule has 0 radical (unpaired) electrons. The Hall–Kier alpha value is -2.20. The number of carbonyl (C=O) groups is 3. The number of nitrogens with zero attached hydrogens (tertiary/aromatic N) is 3. The van der Waals surface area contributed by atoms with Gasteiger partial charge in [0.25, 0.3) is 0 Å². The van der Waals surface area contributed by atoms with Gasteiger partial charge in [-0.2, -0.15) is 0 Å². The van der Waals surface area contributed by atoms with Gasteiger partial charge >= 0.3 is 0 Å². The topological polar surface area (TPSA) is 123 Å². The lowest BCUT2D eigenvalue weighted by Crippen LogP contribution is -2.42. The van der Waals surface area contributed by atoms with Gasteiger partial charge in [0, 0.05) is 46.1 Å². The second kappa shape index (κ2) is 12.8. The minimum absolute atomic E-state index is 0.0359. The number of hydrogen-bond acceptors (Lipinski definition) is 5. The van der Waals surface area contributed by atoms with Crippen molar-refractivity contribution in [3.63, 3.8) is 0 Å². The number of likely N-dealkylation sites (tertiary alicyclic amines) is 1. The fourth-order valence-electron chi connectivity index (χ4n) is 5.78. The Kier molecular flexibility index (Phi) is 9.68. The van der Waals surface area contributed by atoms with Crippen LogP contribution in [0.25, 0.3) is 0 Å². The summed E-state index contributed by atoms with van der Waals surface area (Å²) in [7, 11) is 0. The Bertz CT molecular complexity index is 1200. The van der Waals surface area contributed by atoms with E-state index in [0.29, 0.717) is 42.5 Å². The van der Waals surface area contributed by atoms with Gasteiger partial charge in [0.05, 0.1) is 18.8 Å². The first-order valence-electron chi connectivity index (χ1n) is 12.8. The molecule has 1 unspecified atom stereocenters. The number of piperidine rings is 1. The van der Waals surface area contributed by atoms with Crippen LogP contribution in [0.2, 0.25) is 10.0 Å². The molecule has 8 nitrogen and oxygen atoms in total. The number of benzene rings is 1. The number of amides is 3. The van der Waals surface area contributed by atoms with Crippen LogP contribution in [0.4, 0.5) is 0 Å². The van der Waals surface area contributed by atoms with Gasteiger partial charge in [0.1, 0.15) is 0 Å². The van der Waals surface area contributed by atoms with Crippen LogP contribution in [0, 0.1) is 5.92 Å². The van der Waals surface area contributed by atoms with Gasteiger partial charge in [-0.3, -0.25) is 24.3 Å². The lowest BCUT2D eigenvalue weighted by molar-refractivity contribution is -0.132. The van der Waals surface area contributed by atoms with E-state index in [1.165, 1.54) is 5.56 Å². The second-order valence-electron chi connectivity index (χ2n) is 10.1. The van der Waals surface area contributed by atoms with Crippen molar-refractivity contribution in [1.82, 2.24) is 14.8 Å². The molecule has 4 rings (SSSR count). The fraction of sp³-hybridized carbons (Fsp3) is 0.481. The van der Waals surface area contributed by atoms with Crippen LogP contribution in [0.3, 0.4) is 0 Å². The van der Waals surface area contributed by atoms with Crippen molar-refractivity contribution in [3.8, 4) is 0 Å². The molecular weight excluding hydrogens is 593 g/mol. The first-order chi connectivity index (χ1) is 18.1. The van der Waals surface area contributed by atoms with Crippen molar-refractivity contribution >= 4 is 56.9 Å². The number of halogens is 3. The van der Waals surface area contributed by atoms with E-state index >= 15 is 0 Å². The highest BCUT2D eigenvalue weighted by atomic mass is 79.9. The molecular formula is C27H32BrCl2N5O3. The largest absolute Gasteiger partial charge is 0.369 e. The van der Waals surface area contributed by atoms with E-state index in [0.717, 1.165) is 47.0 Å². The summed E-state index contributed by atoms with van der Waals surface area (Å²) in [6, 6.07) is 5.99. The Balaban J connectivity index is 1.44. The van der Waals surface area contributed by atoms with Crippen LogP contribution in [0.15, 0.2) is 28.9 Å². The molecule has 1 atom stereocenters. The van der Waals surface area contributed by atoms with Crippen molar-refractivity contribution in [3.05, 3.63) is 61.3 Å². The molecule has 0 spiro atoms. The lowest BCUT2D eigenvalue weighted by atomic mass is 9.76.